The minimum absolute atomic E-state index is 0.484. The lowest BCUT2D eigenvalue weighted by molar-refractivity contribution is -0.155. The maximum Gasteiger partial charge on any atom is 0.144 e. The summed E-state index contributed by atoms with van der Waals surface area (Å²) in [6.07, 6.45) is 15.3. The lowest BCUT2D eigenvalue weighted by atomic mass is 9.95. The molecule has 1 aliphatic carbocycles. The number of fused-ring (bicyclic) bond motifs is 1. The Kier molecular flexibility index (Phi) is 5.95. The highest BCUT2D eigenvalue weighted by Gasteiger charge is 2.45. The maximum atomic E-state index is 11.2. The van der Waals surface area contributed by atoms with Gasteiger partial charge in [0.25, 0.3) is 0 Å². The second kappa shape index (κ2) is 8.47. The van der Waals surface area contributed by atoms with Crippen molar-refractivity contribution >= 4 is 0 Å². The lowest BCUT2D eigenvalue weighted by Crippen LogP contribution is -2.45. The first-order chi connectivity index (χ1) is 14.0. The van der Waals surface area contributed by atoms with Crippen molar-refractivity contribution in [3.63, 3.8) is 0 Å². The number of aliphatic hydroxyl groups excluding tert-OH is 1. The van der Waals surface area contributed by atoms with Crippen LogP contribution in [0.15, 0.2) is 59.8 Å². The van der Waals surface area contributed by atoms with E-state index in [1.165, 1.54) is 30.4 Å². The van der Waals surface area contributed by atoms with Crippen molar-refractivity contribution in [2.24, 2.45) is 0 Å². The smallest absolute Gasteiger partial charge is 0.144 e. The van der Waals surface area contributed by atoms with Crippen LogP contribution < -0.4 is 0 Å². The minimum atomic E-state index is -1.15. The van der Waals surface area contributed by atoms with E-state index in [-0.39, 0.29) is 0 Å². The molecule has 0 bridgehead atoms. The van der Waals surface area contributed by atoms with E-state index in [4.69, 9.17) is 0 Å². The summed E-state index contributed by atoms with van der Waals surface area (Å²) >= 11 is 0. The largest absolute Gasteiger partial charge is 0.374 e. The molecule has 4 heteroatoms. The molecule has 3 aliphatic rings. The molecule has 2 N–H and O–H groups in total. The number of aliphatic hydroxyl groups is 2. The van der Waals surface area contributed by atoms with Crippen LogP contribution in [0.2, 0.25) is 0 Å². The molecule has 2 aliphatic heterocycles. The van der Waals surface area contributed by atoms with E-state index in [0.717, 1.165) is 36.9 Å². The Bertz CT molecular complexity index is 824. The van der Waals surface area contributed by atoms with E-state index in [1.807, 2.05) is 29.2 Å². The van der Waals surface area contributed by atoms with E-state index in [0.29, 0.717) is 12.6 Å². The first-order valence-corrected chi connectivity index (χ1v) is 11.0. The molecule has 156 valence electrons. The number of allylic oxidation sites excluding steroid dienone is 4. The third kappa shape index (κ3) is 4.20. The molecule has 0 amide bonds. The highest BCUT2D eigenvalue weighted by Crippen LogP contribution is 2.43. The molecular formula is C25H34N2O2. The summed E-state index contributed by atoms with van der Waals surface area (Å²) in [4.78, 5) is 4.29. The fourth-order valence-electron chi connectivity index (χ4n) is 5.10. The first kappa shape index (κ1) is 20.4. The number of hydrogen-bond donors (Lipinski definition) is 2. The Morgan fingerprint density at radius 3 is 2.76 bits per heavy atom. The Labute approximate surface area is 174 Å². The molecule has 0 spiro atoms. The van der Waals surface area contributed by atoms with Gasteiger partial charge in [0.1, 0.15) is 12.0 Å². The molecule has 1 aromatic rings. The number of nitrogens with zero attached hydrogens (tertiary/aromatic N) is 2. The van der Waals surface area contributed by atoms with Crippen LogP contribution >= 0.6 is 0 Å². The molecular weight excluding hydrogens is 360 g/mol. The maximum absolute atomic E-state index is 11.2. The van der Waals surface area contributed by atoms with E-state index < -0.39 is 12.0 Å². The van der Waals surface area contributed by atoms with Crippen LogP contribution in [0.5, 0.6) is 0 Å². The van der Waals surface area contributed by atoms with Gasteiger partial charge in [0.15, 0.2) is 0 Å². The van der Waals surface area contributed by atoms with Gasteiger partial charge in [-0.2, -0.15) is 0 Å². The predicted octanol–water partition coefficient (Wildman–Crippen LogP) is 4.58. The summed E-state index contributed by atoms with van der Waals surface area (Å²) < 4.78 is 0. The zero-order valence-electron chi connectivity index (χ0n) is 17.7. The second-order valence-electron chi connectivity index (χ2n) is 8.93. The Morgan fingerprint density at radius 2 is 2.00 bits per heavy atom. The van der Waals surface area contributed by atoms with Crippen LogP contribution in [0.25, 0.3) is 0 Å². The van der Waals surface area contributed by atoms with Crippen molar-refractivity contribution < 1.29 is 10.2 Å². The first-order valence-electron chi connectivity index (χ1n) is 11.0. The van der Waals surface area contributed by atoms with Gasteiger partial charge >= 0.3 is 0 Å². The van der Waals surface area contributed by atoms with Crippen molar-refractivity contribution in [2.45, 2.75) is 70.4 Å². The van der Waals surface area contributed by atoms with E-state index in [1.54, 1.807) is 6.92 Å². The highest BCUT2D eigenvalue weighted by molar-refractivity contribution is 5.37. The van der Waals surface area contributed by atoms with Crippen LogP contribution in [0, 0.1) is 0 Å². The third-order valence-corrected chi connectivity index (χ3v) is 6.76. The monoisotopic (exact) mass is 394 g/mol. The van der Waals surface area contributed by atoms with Crippen LogP contribution in [0.4, 0.5) is 0 Å². The van der Waals surface area contributed by atoms with Gasteiger partial charge in [-0.25, -0.2) is 4.90 Å². The second-order valence-corrected chi connectivity index (χ2v) is 8.93. The standard InChI is InChI=1S/C25H34N2O2/c1-19-9-8-12-21(17-20-10-4-3-5-11-20)26(18-19)15-16-27-24(28)22-13-6-7-14-23(22)25(27,2)29/h3-4,6-7,10,13-14,18,21,24,28-29H,5,8-9,11-12,15-17H2,1-2H3. The summed E-state index contributed by atoms with van der Waals surface area (Å²) in [5, 5.41) is 22.0. The number of hydrogen-bond acceptors (Lipinski definition) is 4. The Morgan fingerprint density at radius 1 is 1.17 bits per heavy atom. The molecule has 0 aromatic heterocycles. The lowest BCUT2D eigenvalue weighted by Gasteiger charge is -2.37. The van der Waals surface area contributed by atoms with Crippen LogP contribution in [0.1, 0.15) is 69.7 Å². The normalized spacial score (nSPS) is 30.0. The third-order valence-electron chi connectivity index (χ3n) is 6.76. The fraction of sp³-hybridized carbons (Fsp3) is 0.520. The van der Waals surface area contributed by atoms with Crippen LogP contribution in [0.3, 0.4) is 0 Å². The molecule has 3 atom stereocenters. The highest BCUT2D eigenvalue weighted by atomic mass is 16.3. The van der Waals surface area contributed by atoms with Gasteiger partial charge in [-0.3, -0.25) is 0 Å². The summed E-state index contributed by atoms with van der Waals surface area (Å²) in [6.45, 7) is 5.42. The fourth-order valence-corrected chi connectivity index (χ4v) is 5.10. The Hall–Kier alpha value is -1.88. The molecule has 0 radical (unpaired) electrons. The zero-order chi connectivity index (χ0) is 20.4. The van der Waals surface area contributed by atoms with Crippen LogP contribution in [-0.4, -0.2) is 39.1 Å². The van der Waals surface area contributed by atoms with Gasteiger partial charge in [0, 0.05) is 30.3 Å². The SMILES string of the molecule is CC1=CN(CCN2C(O)c3ccccc3C2(C)O)C(CC2=CC=CCC2)CCC1. The van der Waals surface area contributed by atoms with Crippen LogP contribution in [-0.2, 0) is 5.72 Å². The minimum Gasteiger partial charge on any atom is -0.374 e. The average Bonchev–Trinajstić information content (AvgIpc) is 2.82. The van der Waals surface area contributed by atoms with E-state index in [2.05, 4.69) is 36.3 Å². The topological polar surface area (TPSA) is 46.9 Å². The molecule has 4 rings (SSSR count). The summed E-state index contributed by atoms with van der Waals surface area (Å²) in [5.41, 5.74) is 3.44. The van der Waals surface area contributed by atoms with E-state index >= 15 is 0 Å². The predicted molar refractivity (Wildman–Crippen MR) is 117 cm³/mol. The molecule has 0 fully saturated rings. The van der Waals surface area contributed by atoms with Crippen molar-refractivity contribution in [1.82, 2.24) is 9.80 Å². The molecule has 1 aromatic carbocycles. The molecule has 2 heterocycles. The molecule has 4 nitrogen and oxygen atoms in total. The van der Waals surface area contributed by atoms with Crippen molar-refractivity contribution in [3.05, 3.63) is 71.0 Å². The quantitative estimate of drug-likeness (QED) is 0.767. The van der Waals surface area contributed by atoms with Gasteiger partial charge in [0.2, 0.25) is 0 Å². The summed E-state index contributed by atoms with van der Waals surface area (Å²) in [7, 11) is 0. The zero-order valence-corrected chi connectivity index (χ0v) is 17.7. The van der Waals surface area contributed by atoms with Gasteiger partial charge in [-0.15, -0.1) is 0 Å². The average molecular weight is 395 g/mol. The summed E-state index contributed by atoms with van der Waals surface area (Å²) in [5.74, 6) is 0. The Balaban J connectivity index is 1.49. The van der Waals surface area contributed by atoms with E-state index in [9.17, 15) is 10.2 Å². The molecule has 0 saturated carbocycles. The van der Waals surface area contributed by atoms with Gasteiger partial charge < -0.3 is 15.1 Å². The molecule has 0 saturated heterocycles. The van der Waals surface area contributed by atoms with Crippen molar-refractivity contribution in [1.29, 1.82) is 0 Å². The van der Waals surface area contributed by atoms with Crippen molar-refractivity contribution in [2.75, 3.05) is 13.1 Å². The number of rotatable bonds is 5. The molecule has 3 unspecified atom stereocenters. The van der Waals surface area contributed by atoms with Gasteiger partial charge in [-0.05, 0) is 58.6 Å². The number of benzene rings is 1. The molecule has 29 heavy (non-hydrogen) atoms. The summed E-state index contributed by atoms with van der Waals surface area (Å²) in [6, 6.07) is 8.16. The van der Waals surface area contributed by atoms with Gasteiger partial charge in [-0.1, -0.05) is 53.6 Å². The van der Waals surface area contributed by atoms with Crippen molar-refractivity contribution in [3.8, 4) is 0 Å². The van der Waals surface area contributed by atoms with Gasteiger partial charge in [0.05, 0.1) is 0 Å².